The topological polar surface area (TPSA) is 63.5 Å². The lowest BCUT2D eigenvalue weighted by atomic mass is 9.86. The van der Waals surface area contributed by atoms with Gasteiger partial charge in [-0.15, -0.1) is 0 Å². The summed E-state index contributed by atoms with van der Waals surface area (Å²) in [7, 11) is 3.51. The maximum atomic E-state index is 12.3. The normalized spacial score (nSPS) is 11.6. The Morgan fingerprint density at radius 1 is 1.08 bits per heavy atom. The van der Waals surface area contributed by atoms with Crippen molar-refractivity contribution in [3.63, 3.8) is 0 Å². The highest BCUT2D eigenvalue weighted by atomic mass is 16.6. The van der Waals surface area contributed by atoms with Gasteiger partial charge in [-0.25, -0.2) is 0 Å². The molecule has 5 nitrogen and oxygen atoms in total. The molecule has 0 unspecified atom stereocenters. The zero-order chi connectivity index (χ0) is 19.5. The van der Waals surface area contributed by atoms with Crippen molar-refractivity contribution in [1.82, 2.24) is 0 Å². The van der Waals surface area contributed by atoms with Gasteiger partial charge in [0.25, 0.3) is 5.69 Å². The molecule has 0 N–H and O–H groups in total. The fourth-order valence-electron chi connectivity index (χ4n) is 2.57. The number of nitrogens with zero attached hydrogens (tertiary/aromatic N) is 2. The van der Waals surface area contributed by atoms with Crippen molar-refractivity contribution < 1.29 is 9.72 Å². The lowest BCUT2D eigenvalue weighted by Crippen LogP contribution is -2.11. The molecule has 0 saturated heterocycles. The molecule has 0 aliphatic carbocycles. The Bertz CT molecular complexity index is 845. The fraction of sp³-hybridized carbons (Fsp3) is 0.286. The van der Waals surface area contributed by atoms with E-state index in [1.807, 2.05) is 24.3 Å². The highest BCUT2D eigenvalue weighted by Gasteiger charge is 2.16. The van der Waals surface area contributed by atoms with Crippen molar-refractivity contribution in [3.8, 4) is 0 Å². The molecule has 0 heterocycles. The van der Waals surface area contributed by atoms with E-state index in [-0.39, 0.29) is 16.9 Å². The van der Waals surface area contributed by atoms with E-state index in [0.717, 1.165) is 5.56 Å². The summed E-state index contributed by atoms with van der Waals surface area (Å²) in [6.07, 6.45) is 3.05. The Morgan fingerprint density at radius 2 is 1.69 bits per heavy atom. The average Bonchev–Trinajstić information content (AvgIpc) is 2.58. The maximum Gasteiger partial charge on any atom is 0.293 e. The number of ketones is 1. The number of nitro benzene ring substituents is 1. The SMILES string of the molecule is CN(C)c1ccc(C=CC(=O)c2ccc(C(C)(C)C)cc2)cc1[N+](=O)[O-]. The van der Waals surface area contributed by atoms with Crippen LogP contribution in [0.4, 0.5) is 11.4 Å². The highest BCUT2D eigenvalue weighted by Crippen LogP contribution is 2.28. The summed E-state index contributed by atoms with van der Waals surface area (Å²) in [6, 6.07) is 12.4. The third kappa shape index (κ3) is 4.57. The van der Waals surface area contributed by atoms with Gasteiger partial charge in [0.05, 0.1) is 4.92 Å². The molecule has 0 aliphatic heterocycles. The van der Waals surface area contributed by atoms with E-state index in [1.165, 1.54) is 12.1 Å². The van der Waals surface area contributed by atoms with E-state index >= 15 is 0 Å². The lowest BCUT2D eigenvalue weighted by molar-refractivity contribution is -0.384. The zero-order valence-corrected chi connectivity index (χ0v) is 15.8. The molecule has 2 aromatic rings. The van der Waals surface area contributed by atoms with Crippen LogP contribution in [0.5, 0.6) is 0 Å². The Kier molecular flexibility index (Phi) is 5.60. The van der Waals surface area contributed by atoms with Crippen LogP contribution in [0.15, 0.2) is 48.5 Å². The first-order chi connectivity index (χ1) is 12.1. The predicted octanol–water partition coefficient (Wildman–Crippen LogP) is 4.85. The lowest BCUT2D eigenvalue weighted by Gasteiger charge is -2.18. The number of rotatable bonds is 5. The van der Waals surface area contributed by atoms with Crippen LogP contribution in [0.25, 0.3) is 6.08 Å². The smallest absolute Gasteiger partial charge is 0.293 e. The third-order valence-corrected chi connectivity index (χ3v) is 4.14. The van der Waals surface area contributed by atoms with Gasteiger partial charge in [0, 0.05) is 25.7 Å². The summed E-state index contributed by atoms with van der Waals surface area (Å²) in [5.74, 6) is -0.134. The van der Waals surface area contributed by atoms with Crippen LogP contribution in [-0.4, -0.2) is 24.8 Å². The molecule has 0 spiro atoms. The van der Waals surface area contributed by atoms with Crippen LogP contribution in [0.3, 0.4) is 0 Å². The average molecular weight is 352 g/mol. The summed E-state index contributed by atoms with van der Waals surface area (Å²) in [5, 5.41) is 11.2. The summed E-state index contributed by atoms with van der Waals surface area (Å²) in [6.45, 7) is 6.36. The van der Waals surface area contributed by atoms with Gasteiger partial charge in [0.1, 0.15) is 5.69 Å². The van der Waals surface area contributed by atoms with E-state index < -0.39 is 4.92 Å². The van der Waals surface area contributed by atoms with Gasteiger partial charge in [-0.05, 0) is 28.7 Å². The summed E-state index contributed by atoms with van der Waals surface area (Å²) in [4.78, 5) is 24.9. The van der Waals surface area contributed by atoms with Crippen LogP contribution in [-0.2, 0) is 5.41 Å². The van der Waals surface area contributed by atoms with E-state index in [0.29, 0.717) is 16.8 Å². The molecule has 0 aliphatic rings. The second-order valence-corrected chi connectivity index (χ2v) is 7.42. The molecular formula is C21H24N2O3. The van der Waals surface area contributed by atoms with Gasteiger partial charge in [0.15, 0.2) is 5.78 Å². The van der Waals surface area contributed by atoms with Crippen molar-refractivity contribution >= 4 is 23.2 Å². The van der Waals surface area contributed by atoms with Gasteiger partial charge in [0.2, 0.25) is 0 Å². The second kappa shape index (κ2) is 7.52. The van der Waals surface area contributed by atoms with Crippen molar-refractivity contribution in [2.45, 2.75) is 26.2 Å². The van der Waals surface area contributed by atoms with E-state index in [1.54, 1.807) is 37.2 Å². The van der Waals surface area contributed by atoms with Crippen LogP contribution in [0.1, 0.15) is 42.3 Å². The Hall–Kier alpha value is -2.95. The summed E-state index contributed by atoms with van der Waals surface area (Å²) in [5.41, 5.74) is 2.93. The standard InChI is InChI=1S/C21H24N2O3/c1-21(2,3)17-10-8-16(9-11-17)20(24)13-7-15-6-12-18(22(4)5)19(14-15)23(25)26/h6-14H,1-5H3. The third-order valence-electron chi connectivity index (χ3n) is 4.14. The molecule has 0 radical (unpaired) electrons. The van der Waals surface area contributed by atoms with Gasteiger partial charge < -0.3 is 4.90 Å². The summed E-state index contributed by atoms with van der Waals surface area (Å²) >= 11 is 0. The minimum absolute atomic E-state index is 0.0131. The van der Waals surface area contributed by atoms with E-state index in [2.05, 4.69) is 20.8 Å². The first-order valence-electron chi connectivity index (χ1n) is 8.38. The van der Waals surface area contributed by atoms with Gasteiger partial charge in [-0.2, -0.15) is 0 Å². The number of carbonyl (C=O) groups excluding carboxylic acids is 1. The monoisotopic (exact) mass is 352 g/mol. The molecule has 2 aromatic carbocycles. The van der Waals surface area contributed by atoms with Gasteiger partial charge >= 0.3 is 0 Å². The zero-order valence-electron chi connectivity index (χ0n) is 15.8. The molecule has 0 amide bonds. The van der Waals surface area contributed by atoms with Crippen molar-refractivity contribution in [2.24, 2.45) is 0 Å². The van der Waals surface area contributed by atoms with Crippen molar-refractivity contribution in [2.75, 3.05) is 19.0 Å². The predicted molar refractivity (Wildman–Crippen MR) is 106 cm³/mol. The molecule has 0 bridgehead atoms. The quantitative estimate of drug-likeness (QED) is 0.334. The van der Waals surface area contributed by atoms with Crippen LogP contribution in [0.2, 0.25) is 0 Å². The number of benzene rings is 2. The first kappa shape index (κ1) is 19.4. The van der Waals surface area contributed by atoms with Crippen LogP contribution < -0.4 is 4.90 Å². The van der Waals surface area contributed by atoms with Gasteiger partial charge in [-0.1, -0.05) is 57.2 Å². The minimum Gasteiger partial charge on any atom is -0.372 e. The van der Waals surface area contributed by atoms with Gasteiger partial charge in [-0.3, -0.25) is 14.9 Å². The van der Waals surface area contributed by atoms with Crippen LogP contribution >= 0.6 is 0 Å². The Balaban J connectivity index is 2.22. The molecule has 0 fully saturated rings. The molecular weight excluding hydrogens is 328 g/mol. The van der Waals surface area contributed by atoms with E-state index in [9.17, 15) is 14.9 Å². The number of hydrogen-bond acceptors (Lipinski definition) is 4. The number of hydrogen-bond donors (Lipinski definition) is 0. The number of allylic oxidation sites excluding steroid dienone is 1. The molecule has 0 saturated carbocycles. The molecule has 26 heavy (non-hydrogen) atoms. The molecule has 0 atom stereocenters. The molecule has 5 heteroatoms. The number of carbonyl (C=O) groups is 1. The molecule has 136 valence electrons. The fourth-order valence-corrected chi connectivity index (χ4v) is 2.57. The summed E-state index contributed by atoms with van der Waals surface area (Å²) < 4.78 is 0. The molecule has 2 rings (SSSR count). The van der Waals surface area contributed by atoms with Crippen LogP contribution in [0, 0.1) is 10.1 Å². The largest absolute Gasteiger partial charge is 0.372 e. The number of anilines is 1. The maximum absolute atomic E-state index is 12.3. The highest BCUT2D eigenvalue weighted by molar-refractivity contribution is 6.06. The van der Waals surface area contributed by atoms with Crippen molar-refractivity contribution in [1.29, 1.82) is 0 Å². The van der Waals surface area contributed by atoms with Crippen molar-refractivity contribution in [3.05, 3.63) is 75.3 Å². The van der Waals surface area contributed by atoms with E-state index in [4.69, 9.17) is 0 Å². The molecule has 0 aromatic heterocycles. The first-order valence-corrected chi connectivity index (χ1v) is 8.38. The minimum atomic E-state index is -0.417. The Morgan fingerprint density at radius 3 is 2.19 bits per heavy atom. The second-order valence-electron chi connectivity index (χ2n) is 7.42. The Labute approximate surface area is 154 Å². The number of nitro groups is 1.